The average Bonchev–Trinajstić information content (AvgIpc) is 2.47. The van der Waals surface area contributed by atoms with Crippen molar-refractivity contribution in [3.8, 4) is 0 Å². The second-order valence-electron chi connectivity index (χ2n) is 5.15. The number of likely N-dealkylation sites (tertiary alicyclic amines) is 1. The first-order chi connectivity index (χ1) is 6.38. The monoisotopic (exact) mass is 201 g/mol. The summed E-state index contributed by atoms with van der Waals surface area (Å²) in [6.45, 7) is 8.53. The van der Waals surface area contributed by atoms with Crippen LogP contribution in [0, 0.1) is 5.92 Å². The van der Waals surface area contributed by atoms with Gasteiger partial charge >= 0.3 is 0 Å². The molecule has 2 N–H and O–H groups in total. The van der Waals surface area contributed by atoms with Crippen molar-refractivity contribution in [2.45, 2.75) is 45.3 Å². The summed E-state index contributed by atoms with van der Waals surface area (Å²) in [5.74, 6) is 0.428. The zero-order chi connectivity index (χ0) is 10.8. The minimum Gasteiger partial charge on any atom is -0.393 e. The van der Waals surface area contributed by atoms with E-state index in [-0.39, 0.29) is 6.10 Å². The topological polar surface area (TPSA) is 43.7 Å². The van der Waals surface area contributed by atoms with Gasteiger partial charge in [-0.1, -0.05) is 0 Å². The van der Waals surface area contributed by atoms with Gasteiger partial charge in [-0.3, -0.25) is 0 Å². The number of nitrogens with zero attached hydrogens (tertiary/aromatic N) is 1. The van der Waals surface area contributed by atoms with E-state index in [1.54, 1.807) is 0 Å². The highest BCUT2D eigenvalue weighted by Crippen LogP contribution is 2.20. The lowest BCUT2D eigenvalue weighted by molar-refractivity contribution is 0.0587. The molecule has 1 aliphatic heterocycles. The van der Waals surface area contributed by atoms with E-state index in [9.17, 15) is 10.2 Å². The number of hydrogen-bond donors (Lipinski definition) is 2. The van der Waals surface area contributed by atoms with E-state index >= 15 is 0 Å². The van der Waals surface area contributed by atoms with Gasteiger partial charge in [0.25, 0.3) is 0 Å². The summed E-state index contributed by atoms with van der Waals surface area (Å²) in [7, 11) is 0. The molecule has 0 amide bonds. The van der Waals surface area contributed by atoms with E-state index in [0.717, 1.165) is 32.5 Å². The summed E-state index contributed by atoms with van der Waals surface area (Å²) < 4.78 is 0. The van der Waals surface area contributed by atoms with Crippen LogP contribution in [0.25, 0.3) is 0 Å². The van der Waals surface area contributed by atoms with Gasteiger partial charge in [0.1, 0.15) is 0 Å². The average molecular weight is 201 g/mol. The zero-order valence-corrected chi connectivity index (χ0v) is 9.53. The largest absolute Gasteiger partial charge is 0.393 e. The molecule has 3 nitrogen and oxygen atoms in total. The third-order valence-electron chi connectivity index (χ3n) is 3.03. The molecule has 1 aliphatic rings. The predicted octanol–water partition coefficient (Wildman–Crippen LogP) is 0.850. The zero-order valence-electron chi connectivity index (χ0n) is 9.53. The normalized spacial score (nSPS) is 26.8. The van der Waals surface area contributed by atoms with Crippen LogP contribution in [0.4, 0.5) is 0 Å². The highest BCUT2D eigenvalue weighted by atomic mass is 16.3. The van der Waals surface area contributed by atoms with Gasteiger partial charge in [-0.05, 0) is 46.1 Å². The van der Waals surface area contributed by atoms with Gasteiger partial charge in [-0.15, -0.1) is 0 Å². The summed E-state index contributed by atoms with van der Waals surface area (Å²) in [5, 5.41) is 19.0. The molecule has 0 spiro atoms. The van der Waals surface area contributed by atoms with Crippen LogP contribution in [-0.4, -0.2) is 46.5 Å². The molecule has 1 heterocycles. The molecule has 2 unspecified atom stereocenters. The summed E-state index contributed by atoms with van der Waals surface area (Å²) in [5.41, 5.74) is -0.567. The van der Waals surface area contributed by atoms with E-state index in [1.165, 1.54) is 0 Å². The van der Waals surface area contributed by atoms with E-state index < -0.39 is 5.60 Å². The molecule has 0 bridgehead atoms. The molecule has 0 saturated carbocycles. The molecule has 1 rings (SSSR count). The summed E-state index contributed by atoms with van der Waals surface area (Å²) in [6.07, 6.45) is 1.70. The third kappa shape index (κ3) is 3.95. The molecule has 0 radical (unpaired) electrons. The van der Waals surface area contributed by atoms with Crippen molar-refractivity contribution in [2.75, 3.05) is 19.6 Å². The van der Waals surface area contributed by atoms with Gasteiger partial charge in [0.05, 0.1) is 11.7 Å². The SMILES string of the molecule is CC(O)C1CCN(CCC(C)(C)O)C1. The third-order valence-corrected chi connectivity index (χ3v) is 3.03. The first-order valence-electron chi connectivity index (χ1n) is 5.51. The molecule has 0 aromatic rings. The molecule has 0 aromatic carbocycles. The quantitative estimate of drug-likeness (QED) is 0.708. The Kier molecular flexibility index (Phi) is 3.93. The molecular weight excluding hydrogens is 178 g/mol. The lowest BCUT2D eigenvalue weighted by Crippen LogP contribution is -2.30. The van der Waals surface area contributed by atoms with Gasteiger partial charge in [0.15, 0.2) is 0 Å². The maximum atomic E-state index is 9.58. The van der Waals surface area contributed by atoms with Crippen LogP contribution < -0.4 is 0 Å². The number of aliphatic hydroxyl groups excluding tert-OH is 1. The maximum absolute atomic E-state index is 9.58. The van der Waals surface area contributed by atoms with Gasteiger partial charge in [0.2, 0.25) is 0 Å². The second kappa shape index (κ2) is 4.60. The first kappa shape index (κ1) is 12.0. The number of rotatable bonds is 4. The number of hydrogen-bond acceptors (Lipinski definition) is 3. The Labute approximate surface area is 86.7 Å². The van der Waals surface area contributed by atoms with Crippen molar-refractivity contribution in [3.05, 3.63) is 0 Å². The Bertz CT molecular complexity index is 175. The second-order valence-corrected chi connectivity index (χ2v) is 5.15. The van der Waals surface area contributed by atoms with E-state index in [0.29, 0.717) is 5.92 Å². The van der Waals surface area contributed by atoms with Crippen LogP contribution in [0.15, 0.2) is 0 Å². The molecule has 2 atom stereocenters. The molecule has 1 fully saturated rings. The van der Waals surface area contributed by atoms with Gasteiger partial charge in [0, 0.05) is 13.1 Å². The molecule has 0 aliphatic carbocycles. The van der Waals surface area contributed by atoms with E-state index in [2.05, 4.69) is 4.90 Å². The van der Waals surface area contributed by atoms with Crippen LogP contribution >= 0.6 is 0 Å². The van der Waals surface area contributed by atoms with Crippen LogP contribution in [0.1, 0.15) is 33.6 Å². The Morgan fingerprint density at radius 3 is 2.57 bits per heavy atom. The van der Waals surface area contributed by atoms with Crippen LogP contribution in [0.2, 0.25) is 0 Å². The van der Waals surface area contributed by atoms with Crippen LogP contribution in [0.5, 0.6) is 0 Å². The van der Waals surface area contributed by atoms with Crippen molar-refractivity contribution >= 4 is 0 Å². The lowest BCUT2D eigenvalue weighted by atomic mass is 10.0. The van der Waals surface area contributed by atoms with Gasteiger partial charge in [-0.25, -0.2) is 0 Å². The summed E-state index contributed by atoms with van der Waals surface area (Å²) in [4.78, 5) is 2.33. The smallest absolute Gasteiger partial charge is 0.0603 e. The molecular formula is C11H23NO2. The predicted molar refractivity (Wildman–Crippen MR) is 57.1 cm³/mol. The fraction of sp³-hybridized carbons (Fsp3) is 1.00. The molecule has 3 heteroatoms. The van der Waals surface area contributed by atoms with Crippen molar-refractivity contribution in [3.63, 3.8) is 0 Å². The minimum absolute atomic E-state index is 0.192. The standard InChI is InChI=1S/C11H23NO2/c1-9(13)10-4-6-12(8-10)7-5-11(2,3)14/h9-10,13-14H,4-8H2,1-3H3. The Morgan fingerprint density at radius 1 is 1.50 bits per heavy atom. The molecule has 0 aromatic heterocycles. The molecule has 14 heavy (non-hydrogen) atoms. The fourth-order valence-corrected chi connectivity index (χ4v) is 1.89. The first-order valence-corrected chi connectivity index (χ1v) is 5.51. The highest BCUT2D eigenvalue weighted by molar-refractivity contribution is 4.80. The molecule has 1 saturated heterocycles. The minimum atomic E-state index is -0.567. The molecule has 84 valence electrons. The Morgan fingerprint density at radius 2 is 2.14 bits per heavy atom. The van der Waals surface area contributed by atoms with Crippen molar-refractivity contribution in [1.82, 2.24) is 4.90 Å². The van der Waals surface area contributed by atoms with E-state index in [1.807, 2.05) is 20.8 Å². The van der Waals surface area contributed by atoms with Gasteiger partial charge in [-0.2, -0.15) is 0 Å². The Hall–Kier alpha value is -0.120. The van der Waals surface area contributed by atoms with Crippen LogP contribution in [-0.2, 0) is 0 Å². The summed E-state index contributed by atoms with van der Waals surface area (Å²) >= 11 is 0. The van der Waals surface area contributed by atoms with Crippen molar-refractivity contribution in [2.24, 2.45) is 5.92 Å². The number of aliphatic hydroxyl groups is 2. The van der Waals surface area contributed by atoms with Crippen molar-refractivity contribution < 1.29 is 10.2 Å². The van der Waals surface area contributed by atoms with Crippen LogP contribution in [0.3, 0.4) is 0 Å². The van der Waals surface area contributed by atoms with E-state index in [4.69, 9.17) is 0 Å². The highest BCUT2D eigenvalue weighted by Gasteiger charge is 2.26. The van der Waals surface area contributed by atoms with Crippen molar-refractivity contribution in [1.29, 1.82) is 0 Å². The summed E-state index contributed by atoms with van der Waals surface area (Å²) in [6, 6.07) is 0. The Balaban J connectivity index is 2.23. The fourth-order valence-electron chi connectivity index (χ4n) is 1.89. The lowest BCUT2D eigenvalue weighted by Gasteiger charge is -2.22. The maximum Gasteiger partial charge on any atom is 0.0603 e. The van der Waals surface area contributed by atoms with Gasteiger partial charge < -0.3 is 15.1 Å².